The highest BCUT2D eigenvalue weighted by Crippen LogP contribution is 2.43. The van der Waals surface area contributed by atoms with E-state index < -0.39 is 30.3 Å². The molecule has 34 heavy (non-hydrogen) atoms. The summed E-state index contributed by atoms with van der Waals surface area (Å²) in [4.78, 5) is 51.8. The van der Waals surface area contributed by atoms with Crippen molar-refractivity contribution >= 4 is 58.3 Å². The number of rotatable bonds is 5. The quantitative estimate of drug-likeness (QED) is 0.375. The zero-order chi connectivity index (χ0) is 24.6. The number of alkyl halides is 2. The van der Waals surface area contributed by atoms with Crippen LogP contribution in [0.3, 0.4) is 0 Å². The topological polar surface area (TPSA) is 92.8 Å². The fourth-order valence-electron chi connectivity index (χ4n) is 4.39. The molecule has 4 atom stereocenters. The molecule has 2 aromatic carbocycles. The molecule has 0 radical (unpaired) electrons. The Bertz CT molecular complexity index is 1140. The Morgan fingerprint density at radius 1 is 1.00 bits per heavy atom. The summed E-state index contributed by atoms with van der Waals surface area (Å²) >= 11 is 12.5. The first-order chi connectivity index (χ1) is 16.2. The molecule has 1 N–H and O–H groups in total. The SMILES string of the molecule is Cc1ccc(C)c(NC(=O)COC(=O)c2cccc(N3C(=O)[C@H]4C[C@@H](Cl)[C@@H](Cl)C[C@H]4C3=O)c2)c1. The van der Waals surface area contributed by atoms with Gasteiger partial charge in [-0.15, -0.1) is 23.2 Å². The predicted octanol–water partition coefficient (Wildman–Crippen LogP) is 4.21. The van der Waals surface area contributed by atoms with Crippen LogP contribution in [0.4, 0.5) is 11.4 Å². The summed E-state index contributed by atoms with van der Waals surface area (Å²) in [5.41, 5.74) is 2.92. The van der Waals surface area contributed by atoms with E-state index >= 15 is 0 Å². The Morgan fingerprint density at radius 3 is 2.29 bits per heavy atom. The minimum Gasteiger partial charge on any atom is -0.452 e. The number of halogens is 2. The third-order valence-electron chi connectivity index (χ3n) is 6.25. The average molecular weight is 503 g/mol. The van der Waals surface area contributed by atoms with Gasteiger partial charge in [-0.1, -0.05) is 18.2 Å². The molecule has 2 aliphatic rings. The van der Waals surface area contributed by atoms with Gasteiger partial charge in [-0.05, 0) is 62.1 Å². The molecule has 7 nitrogen and oxygen atoms in total. The number of hydrogen-bond acceptors (Lipinski definition) is 5. The summed E-state index contributed by atoms with van der Waals surface area (Å²) in [5, 5.41) is 1.97. The van der Waals surface area contributed by atoms with Crippen molar-refractivity contribution in [1.29, 1.82) is 0 Å². The Kier molecular flexibility index (Phi) is 6.96. The number of hydrogen-bond donors (Lipinski definition) is 1. The minimum absolute atomic E-state index is 0.123. The largest absolute Gasteiger partial charge is 0.452 e. The normalized spacial score (nSPS) is 24.1. The molecule has 1 saturated heterocycles. The molecule has 1 aliphatic carbocycles. The van der Waals surface area contributed by atoms with Crippen molar-refractivity contribution in [1.82, 2.24) is 0 Å². The first-order valence-corrected chi connectivity index (χ1v) is 11.8. The summed E-state index contributed by atoms with van der Waals surface area (Å²) in [5.74, 6) is -2.94. The van der Waals surface area contributed by atoms with Gasteiger partial charge in [0.1, 0.15) is 0 Å². The average Bonchev–Trinajstić information content (AvgIpc) is 3.04. The van der Waals surface area contributed by atoms with Gasteiger partial charge < -0.3 is 10.1 Å². The van der Waals surface area contributed by atoms with Gasteiger partial charge in [0, 0.05) is 5.69 Å². The van der Waals surface area contributed by atoms with Crippen molar-refractivity contribution < 1.29 is 23.9 Å². The van der Waals surface area contributed by atoms with E-state index in [1.807, 2.05) is 32.0 Å². The first kappa shape index (κ1) is 24.2. The van der Waals surface area contributed by atoms with E-state index in [2.05, 4.69) is 5.32 Å². The van der Waals surface area contributed by atoms with E-state index in [0.29, 0.717) is 18.5 Å². The van der Waals surface area contributed by atoms with Crippen LogP contribution in [-0.4, -0.2) is 41.1 Å². The molecule has 4 rings (SSSR count). The summed E-state index contributed by atoms with van der Waals surface area (Å²) < 4.78 is 5.15. The van der Waals surface area contributed by atoms with Gasteiger partial charge in [0.2, 0.25) is 11.8 Å². The first-order valence-electron chi connectivity index (χ1n) is 11.0. The van der Waals surface area contributed by atoms with Gasteiger partial charge in [0.25, 0.3) is 5.91 Å². The number of nitrogens with one attached hydrogen (secondary N) is 1. The molecule has 178 valence electrons. The molecule has 1 heterocycles. The number of nitrogens with zero attached hydrogens (tertiary/aromatic N) is 1. The van der Waals surface area contributed by atoms with Gasteiger partial charge in [0.05, 0.1) is 33.8 Å². The number of benzene rings is 2. The van der Waals surface area contributed by atoms with E-state index in [4.69, 9.17) is 27.9 Å². The Labute approximate surface area is 207 Å². The second-order valence-electron chi connectivity index (χ2n) is 8.72. The lowest BCUT2D eigenvalue weighted by Crippen LogP contribution is -2.34. The lowest BCUT2D eigenvalue weighted by atomic mass is 9.80. The van der Waals surface area contributed by atoms with Crippen LogP contribution < -0.4 is 10.2 Å². The van der Waals surface area contributed by atoms with Gasteiger partial charge in [-0.2, -0.15) is 0 Å². The third kappa shape index (κ3) is 4.81. The minimum atomic E-state index is -0.740. The van der Waals surface area contributed by atoms with Crippen LogP contribution in [0.25, 0.3) is 0 Å². The van der Waals surface area contributed by atoms with E-state index in [0.717, 1.165) is 16.0 Å². The van der Waals surface area contributed by atoms with Crippen LogP contribution in [0.5, 0.6) is 0 Å². The number of aryl methyl sites for hydroxylation is 2. The zero-order valence-corrected chi connectivity index (χ0v) is 20.2. The standard InChI is InChI=1S/C25H24Cl2N2O5/c1-13-6-7-14(2)21(8-13)28-22(30)12-34-25(33)15-4-3-5-16(9-15)29-23(31)17-10-19(26)20(27)11-18(17)24(29)32/h3-9,17-20H,10-12H2,1-2H3,(H,28,30)/t17-,18+,19+,20-. The third-order valence-corrected chi connectivity index (χ3v) is 7.35. The molecule has 0 unspecified atom stereocenters. The maximum atomic E-state index is 13.0. The van der Waals surface area contributed by atoms with Crippen LogP contribution >= 0.6 is 23.2 Å². The number of ether oxygens (including phenoxy) is 1. The summed E-state index contributed by atoms with van der Waals surface area (Å²) in [7, 11) is 0. The highest BCUT2D eigenvalue weighted by atomic mass is 35.5. The number of imide groups is 1. The van der Waals surface area contributed by atoms with Crippen molar-refractivity contribution in [3.8, 4) is 0 Å². The van der Waals surface area contributed by atoms with Gasteiger partial charge >= 0.3 is 5.97 Å². The number of carbonyl (C=O) groups is 4. The van der Waals surface area contributed by atoms with E-state index in [-0.39, 0.29) is 33.8 Å². The van der Waals surface area contributed by atoms with Crippen molar-refractivity contribution in [2.45, 2.75) is 37.4 Å². The highest BCUT2D eigenvalue weighted by Gasteiger charge is 2.52. The second kappa shape index (κ2) is 9.76. The van der Waals surface area contributed by atoms with E-state index in [1.165, 1.54) is 12.1 Å². The molecule has 9 heteroatoms. The van der Waals surface area contributed by atoms with Crippen LogP contribution in [0, 0.1) is 25.7 Å². The Morgan fingerprint density at radius 2 is 1.65 bits per heavy atom. The second-order valence-corrected chi connectivity index (χ2v) is 9.84. The molecule has 1 aliphatic heterocycles. The number of amides is 3. The predicted molar refractivity (Wildman–Crippen MR) is 129 cm³/mol. The van der Waals surface area contributed by atoms with Crippen LogP contribution in [0.1, 0.15) is 34.3 Å². The zero-order valence-electron chi connectivity index (χ0n) is 18.7. The maximum Gasteiger partial charge on any atom is 0.338 e. The lowest BCUT2D eigenvalue weighted by Gasteiger charge is -2.28. The lowest BCUT2D eigenvalue weighted by molar-refractivity contribution is -0.122. The number of esters is 1. The summed E-state index contributed by atoms with van der Waals surface area (Å²) in [6.07, 6.45) is 0.664. The van der Waals surface area contributed by atoms with Crippen LogP contribution in [-0.2, 0) is 19.1 Å². The Hall–Kier alpha value is -2.90. The highest BCUT2D eigenvalue weighted by molar-refractivity contribution is 6.31. The molecular weight excluding hydrogens is 479 g/mol. The number of carbonyl (C=O) groups excluding carboxylic acids is 4. The van der Waals surface area contributed by atoms with Gasteiger partial charge in [-0.3, -0.25) is 19.3 Å². The maximum absolute atomic E-state index is 13.0. The molecule has 1 saturated carbocycles. The smallest absolute Gasteiger partial charge is 0.338 e. The molecule has 2 fully saturated rings. The Balaban J connectivity index is 1.42. The van der Waals surface area contributed by atoms with Crippen molar-refractivity contribution in [3.05, 3.63) is 59.2 Å². The number of anilines is 2. The van der Waals surface area contributed by atoms with Crippen molar-refractivity contribution in [2.24, 2.45) is 11.8 Å². The van der Waals surface area contributed by atoms with E-state index in [1.54, 1.807) is 12.1 Å². The van der Waals surface area contributed by atoms with Crippen LogP contribution in [0.2, 0.25) is 0 Å². The fraction of sp³-hybridized carbons (Fsp3) is 0.360. The molecule has 3 amide bonds. The molecule has 0 aromatic heterocycles. The van der Waals surface area contributed by atoms with E-state index in [9.17, 15) is 19.2 Å². The van der Waals surface area contributed by atoms with Gasteiger partial charge in [0.15, 0.2) is 6.61 Å². The molecule has 0 bridgehead atoms. The summed E-state index contributed by atoms with van der Waals surface area (Å²) in [6.45, 7) is 3.30. The van der Waals surface area contributed by atoms with Crippen molar-refractivity contribution in [2.75, 3.05) is 16.8 Å². The number of fused-ring (bicyclic) bond motifs is 1. The molecule has 2 aromatic rings. The molecule has 0 spiro atoms. The van der Waals surface area contributed by atoms with Gasteiger partial charge in [-0.25, -0.2) is 4.79 Å². The van der Waals surface area contributed by atoms with Crippen LogP contribution in [0.15, 0.2) is 42.5 Å². The summed E-state index contributed by atoms with van der Waals surface area (Å²) in [6, 6.07) is 11.7. The van der Waals surface area contributed by atoms with Crippen molar-refractivity contribution in [3.63, 3.8) is 0 Å². The fourth-order valence-corrected chi connectivity index (χ4v) is 4.98. The molecular formula is C25H24Cl2N2O5. The monoisotopic (exact) mass is 502 g/mol.